The van der Waals surface area contributed by atoms with E-state index in [1.165, 1.54) is 0 Å². The van der Waals surface area contributed by atoms with Crippen LogP contribution in [0.15, 0.2) is 59.0 Å². The van der Waals surface area contributed by atoms with Crippen molar-refractivity contribution in [3.05, 3.63) is 65.9 Å². The number of hydrogen-bond acceptors (Lipinski definition) is 5. The van der Waals surface area contributed by atoms with Crippen molar-refractivity contribution in [2.24, 2.45) is 0 Å². The van der Waals surface area contributed by atoms with Gasteiger partial charge in [-0.15, -0.1) is 0 Å². The normalized spacial score (nSPS) is 15.1. The molecule has 6 nitrogen and oxygen atoms in total. The number of rotatable bonds is 7. The average Bonchev–Trinajstić information content (AvgIpc) is 3.39. The molecule has 1 amide bonds. The average molecular weight is 407 g/mol. The second kappa shape index (κ2) is 8.61. The SMILES string of the molecule is CCOC(=O)C1(NC(=O)c2oc3ccccc3c2COc2ccccc2)CCCC1. The van der Waals surface area contributed by atoms with Crippen LogP contribution in [0.3, 0.4) is 0 Å². The topological polar surface area (TPSA) is 77.8 Å². The second-order valence-electron chi connectivity index (χ2n) is 7.47. The van der Waals surface area contributed by atoms with E-state index in [0.29, 0.717) is 29.7 Å². The molecule has 1 aliphatic rings. The quantitative estimate of drug-likeness (QED) is 0.579. The fourth-order valence-corrected chi connectivity index (χ4v) is 4.00. The number of benzene rings is 2. The number of hydrogen-bond donors (Lipinski definition) is 1. The molecule has 1 saturated carbocycles. The number of amides is 1. The maximum Gasteiger partial charge on any atom is 0.331 e. The van der Waals surface area contributed by atoms with Gasteiger partial charge < -0.3 is 19.2 Å². The highest BCUT2D eigenvalue weighted by atomic mass is 16.5. The summed E-state index contributed by atoms with van der Waals surface area (Å²) in [6.45, 7) is 2.22. The predicted molar refractivity (Wildman–Crippen MR) is 112 cm³/mol. The molecule has 0 radical (unpaired) electrons. The smallest absolute Gasteiger partial charge is 0.331 e. The summed E-state index contributed by atoms with van der Waals surface area (Å²) in [5.41, 5.74) is 0.263. The maximum atomic E-state index is 13.2. The van der Waals surface area contributed by atoms with Crippen molar-refractivity contribution in [1.82, 2.24) is 5.32 Å². The highest BCUT2D eigenvalue weighted by molar-refractivity contribution is 6.01. The highest BCUT2D eigenvalue weighted by Gasteiger charge is 2.44. The van der Waals surface area contributed by atoms with Crippen molar-refractivity contribution in [2.75, 3.05) is 6.61 Å². The molecule has 1 aliphatic carbocycles. The fourth-order valence-electron chi connectivity index (χ4n) is 4.00. The van der Waals surface area contributed by atoms with E-state index < -0.39 is 11.4 Å². The van der Waals surface area contributed by atoms with Crippen LogP contribution in [0, 0.1) is 0 Å². The lowest BCUT2D eigenvalue weighted by Gasteiger charge is -2.27. The molecule has 0 unspecified atom stereocenters. The van der Waals surface area contributed by atoms with Crippen molar-refractivity contribution in [2.45, 2.75) is 44.8 Å². The second-order valence-corrected chi connectivity index (χ2v) is 7.47. The van der Waals surface area contributed by atoms with Crippen LogP contribution in [0.1, 0.15) is 48.7 Å². The number of carbonyl (C=O) groups excluding carboxylic acids is 2. The summed E-state index contributed by atoms with van der Waals surface area (Å²) in [5.74, 6) is 0.0671. The number of para-hydroxylation sites is 2. The Morgan fingerprint density at radius 2 is 1.73 bits per heavy atom. The van der Waals surface area contributed by atoms with Gasteiger partial charge in [0.1, 0.15) is 23.5 Å². The number of furan rings is 1. The Hall–Kier alpha value is -3.28. The number of ether oxygens (including phenoxy) is 2. The van der Waals surface area contributed by atoms with Gasteiger partial charge in [0.2, 0.25) is 0 Å². The van der Waals surface area contributed by atoms with Crippen LogP contribution in [-0.4, -0.2) is 24.0 Å². The Kier molecular flexibility index (Phi) is 5.74. The van der Waals surface area contributed by atoms with Crippen molar-refractivity contribution >= 4 is 22.8 Å². The van der Waals surface area contributed by atoms with Gasteiger partial charge in [-0.25, -0.2) is 4.79 Å². The molecule has 1 aromatic heterocycles. The van der Waals surface area contributed by atoms with Crippen LogP contribution < -0.4 is 10.1 Å². The number of esters is 1. The van der Waals surface area contributed by atoms with Gasteiger partial charge in [-0.05, 0) is 38.0 Å². The zero-order valence-corrected chi connectivity index (χ0v) is 17.0. The summed E-state index contributed by atoms with van der Waals surface area (Å²) in [4.78, 5) is 25.9. The van der Waals surface area contributed by atoms with Gasteiger partial charge >= 0.3 is 5.97 Å². The lowest BCUT2D eigenvalue weighted by Crippen LogP contribution is -2.53. The van der Waals surface area contributed by atoms with Crippen LogP contribution in [0.25, 0.3) is 11.0 Å². The summed E-state index contributed by atoms with van der Waals surface area (Å²) >= 11 is 0. The van der Waals surface area contributed by atoms with Gasteiger partial charge in [-0.2, -0.15) is 0 Å². The zero-order chi connectivity index (χ0) is 21.0. The largest absolute Gasteiger partial charge is 0.489 e. The molecule has 6 heteroatoms. The predicted octanol–water partition coefficient (Wildman–Crippen LogP) is 4.62. The van der Waals surface area contributed by atoms with Crippen LogP contribution >= 0.6 is 0 Å². The Labute approximate surface area is 175 Å². The molecule has 0 bridgehead atoms. The van der Waals surface area contributed by atoms with Crippen LogP contribution in [-0.2, 0) is 16.1 Å². The molecule has 30 heavy (non-hydrogen) atoms. The zero-order valence-electron chi connectivity index (χ0n) is 17.0. The maximum absolute atomic E-state index is 13.2. The first-order valence-electron chi connectivity index (χ1n) is 10.3. The molecule has 3 aromatic rings. The number of carbonyl (C=O) groups is 2. The summed E-state index contributed by atoms with van der Waals surface area (Å²) in [7, 11) is 0. The van der Waals surface area contributed by atoms with E-state index in [9.17, 15) is 9.59 Å². The van der Waals surface area contributed by atoms with E-state index >= 15 is 0 Å². The lowest BCUT2D eigenvalue weighted by atomic mass is 9.97. The Balaban J connectivity index is 1.64. The molecule has 1 heterocycles. The first-order chi connectivity index (χ1) is 14.6. The van der Waals surface area contributed by atoms with E-state index in [1.807, 2.05) is 54.6 Å². The molecule has 4 rings (SSSR count). The van der Waals surface area contributed by atoms with Crippen molar-refractivity contribution in [3.8, 4) is 5.75 Å². The highest BCUT2D eigenvalue weighted by Crippen LogP contribution is 2.33. The minimum atomic E-state index is -0.996. The van der Waals surface area contributed by atoms with Gasteiger partial charge in [0.05, 0.1) is 6.61 Å². The summed E-state index contributed by atoms with van der Waals surface area (Å²) in [6.07, 6.45) is 2.85. The van der Waals surface area contributed by atoms with E-state index in [4.69, 9.17) is 13.9 Å². The molecule has 0 atom stereocenters. The van der Waals surface area contributed by atoms with Gasteiger partial charge in [-0.3, -0.25) is 4.79 Å². The van der Waals surface area contributed by atoms with Crippen molar-refractivity contribution < 1.29 is 23.5 Å². The summed E-state index contributed by atoms with van der Waals surface area (Å²) in [6, 6.07) is 16.9. The third-order valence-corrected chi connectivity index (χ3v) is 5.51. The monoisotopic (exact) mass is 407 g/mol. The van der Waals surface area contributed by atoms with Crippen LogP contribution in [0.2, 0.25) is 0 Å². The van der Waals surface area contributed by atoms with Gasteiger partial charge in [0.15, 0.2) is 5.76 Å². The molecule has 1 N–H and O–H groups in total. The molecule has 0 spiro atoms. The van der Waals surface area contributed by atoms with Crippen LogP contribution in [0.4, 0.5) is 0 Å². The summed E-state index contributed by atoms with van der Waals surface area (Å²) in [5, 5.41) is 3.75. The standard InChI is InChI=1S/C24H25NO5/c1-2-28-23(27)24(14-8-9-15-24)25-22(26)21-19(16-29-17-10-4-3-5-11-17)18-12-6-7-13-20(18)30-21/h3-7,10-13H,2,8-9,14-16H2,1H3,(H,25,26). The number of nitrogens with one attached hydrogen (secondary N) is 1. The Morgan fingerprint density at radius 3 is 2.47 bits per heavy atom. The Morgan fingerprint density at radius 1 is 1.03 bits per heavy atom. The van der Waals surface area contributed by atoms with Crippen LogP contribution in [0.5, 0.6) is 5.75 Å². The summed E-state index contributed by atoms with van der Waals surface area (Å²) < 4.78 is 17.1. The molecule has 2 aromatic carbocycles. The van der Waals surface area contributed by atoms with Crippen molar-refractivity contribution in [3.63, 3.8) is 0 Å². The third kappa shape index (κ3) is 3.90. The van der Waals surface area contributed by atoms with Gasteiger partial charge in [0.25, 0.3) is 5.91 Å². The first kappa shape index (κ1) is 20.0. The molecule has 0 aliphatic heterocycles. The van der Waals surface area contributed by atoms with Gasteiger partial charge in [0, 0.05) is 10.9 Å². The van der Waals surface area contributed by atoms with E-state index in [-0.39, 0.29) is 24.9 Å². The number of fused-ring (bicyclic) bond motifs is 1. The first-order valence-corrected chi connectivity index (χ1v) is 10.3. The molecular weight excluding hydrogens is 382 g/mol. The molecule has 156 valence electrons. The minimum absolute atomic E-state index is 0.169. The van der Waals surface area contributed by atoms with Gasteiger partial charge in [-0.1, -0.05) is 49.2 Å². The molecule has 1 fully saturated rings. The van der Waals surface area contributed by atoms with Crippen molar-refractivity contribution in [1.29, 1.82) is 0 Å². The third-order valence-electron chi connectivity index (χ3n) is 5.51. The van der Waals surface area contributed by atoms with E-state index in [2.05, 4.69) is 5.32 Å². The molecular formula is C24H25NO5. The minimum Gasteiger partial charge on any atom is -0.489 e. The van der Waals surface area contributed by atoms with E-state index in [1.54, 1.807) is 6.92 Å². The lowest BCUT2D eigenvalue weighted by molar-refractivity contribution is -0.150. The fraction of sp³-hybridized carbons (Fsp3) is 0.333. The van der Waals surface area contributed by atoms with E-state index in [0.717, 1.165) is 18.2 Å². The molecule has 0 saturated heterocycles. The Bertz CT molecular complexity index is 1030.